The predicted octanol–water partition coefficient (Wildman–Crippen LogP) is 2.97. The van der Waals surface area contributed by atoms with E-state index in [1.807, 2.05) is 6.92 Å². The average Bonchev–Trinajstić information content (AvgIpc) is 2.39. The third-order valence-electron chi connectivity index (χ3n) is 3.15. The Morgan fingerprint density at radius 2 is 2.14 bits per heavy atom. The highest BCUT2D eigenvalue weighted by Crippen LogP contribution is 2.22. The molecule has 0 saturated heterocycles. The molecule has 1 aromatic rings. The minimum Gasteiger partial charge on any atom is -0.488 e. The molecule has 118 valence electrons. The molecule has 0 fully saturated rings. The third-order valence-corrected chi connectivity index (χ3v) is 3.15. The maximum Gasteiger partial charge on any atom is 0.323 e. The summed E-state index contributed by atoms with van der Waals surface area (Å²) in [5.41, 5.74) is -1.16. The number of hydrogen-bond donors (Lipinski definition) is 2. The van der Waals surface area contributed by atoms with Gasteiger partial charge in [0.15, 0.2) is 11.6 Å². The van der Waals surface area contributed by atoms with Crippen LogP contribution in [-0.2, 0) is 4.79 Å². The quantitative estimate of drug-likeness (QED) is 0.775. The summed E-state index contributed by atoms with van der Waals surface area (Å²) < 4.78 is 31.7. The van der Waals surface area contributed by atoms with Gasteiger partial charge in [-0.3, -0.25) is 4.79 Å². The Morgan fingerprint density at radius 3 is 2.67 bits per heavy atom. The van der Waals surface area contributed by atoms with Crippen LogP contribution in [0.15, 0.2) is 18.2 Å². The normalized spacial score (nSPS) is 15.3. The second-order valence-corrected chi connectivity index (χ2v) is 5.27. The minimum absolute atomic E-state index is 0.0906. The van der Waals surface area contributed by atoms with Crippen LogP contribution in [0, 0.1) is 11.6 Å². The van der Waals surface area contributed by atoms with Gasteiger partial charge in [-0.05, 0) is 38.9 Å². The van der Waals surface area contributed by atoms with Gasteiger partial charge in [0.2, 0.25) is 0 Å². The monoisotopic (exact) mass is 301 g/mol. The molecule has 0 spiro atoms. The lowest BCUT2D eigenvalue weighted by molar-refractivity contribution is -0.145. The van der Waals surface area contributed by atoms with Crippen molar-refractivity contribution in [3.63, 3.8) is 0 Å². The van der Waals surface area contributed by atoms with Gasteiger partial charge < -0.3 is 15.2 Å². The molecule has 2 atom stereocenters. The maximum atomic E-state index is 13.5. The van der Waals surface area contributed by atoms with Gasteiger partial charge in [-0.1, -0.05) is 6.92 Å². The number of hydrogen-bond acceptors (Lipinski definition) is 3. The van der Waals surface area contributed by atoms with Crippen LogP contribution in [0.4, 0.5) is 8.78 Å². The summed E-state index contributed by atoms with van der Waals surface area (Å²) in [4.78, 5) is 11.4. The topological polar surface area (TPSA) is 58.6 Å². The summed E-state index contributed by atoms with van der Waals surface area (Å²) in [6.07, 6.45) is 0.402. The lowest BCUT2D eigenvalue weighted by atomic mass is 9.94. The molecule has 21 heavy (non-hydrogen) atoms. The van der Waals surface area contributed by atoms with Crippen molar-refractivity contribution in [3.05, 3.63) is 29.8 Å². The Balaban J connectivity index is 2.73. The van der Waals surface area contributed by atoms with E-state index < -0.39 is 29.2 Å². The summed E-state index contributed by atoms with van der Waals surface area (Å²) in [5.74, 6) is -2.58. The minimum atomic E-state index is -1.16. The van der Waals surface area contributed by atoms with Crippen LogP contribution in [0.2, 0.25) is 0 Å². The van der Waals surface area contributed by atoms with Gasteiger partial charge in [0, 0.05) is 12.5 Å². The average molecular weight is 301 g/mol. The first-order chi connectivity index (χ1) is 9.78. The number of carboxylic acids is 1. The molecule has 2 unspecified atom stereocenters. The molecular weight excluding hydrogens is 280 g/mol. The van der Waals surface area contributed by atoms with Crippen molar-refractivity contribution in [1.82, 2.24) is 5.32 Å². The molecule has 0 saturated carbocycles. The van der Waals surface area contributed by atoms with Crippen LogP contribution in [0.5, 0.6) is 5.75 Å². The van der Waals surface area contributed by atoms with Crippen molar-refractivity contribution < 1.29 is 23.4 Å². The Labute approximate surface area is 123 Å². The molecule has 0 heterocycles. The Morgan fingerprint density at radius 1 is 1.48 bits per heavy atom. The van der Waals surface area contributed by atoms with Crippen LogP contribution >= 0.6 is 0 Å². The maximum absolute atomic E-state index is 13.5. The first-order valence-corrected chi connectivity index (χ1v) is 6.88. The molecule has 1 rings (SSSR count). The number of carbonyl (C=O) groups is 1. The third kappa shape index (κ3) is 4.97. The molecule has 0 aliphatic carbocycles. The van der Waals surface area contributed by atoms with E-state index in [-0.39, 0.29) is 12.2 Å². The van der Waals surface area contributed by atoms with Crippen molar-refractivity contribution >= 4 is 5.97 Å². The Bertz CT molecular complexity index is 496. The van der Waals surface area contributed by atoms with Crippen molar-refractivity contribution in [2.24, 2.45) is 0 Å². The smallest absolute Gasteiger partial charge is 0.323 e. The molecule has 4 nitrogen and oxygen atoms in total. The largest absolute Gasteiger partial charge is 0.488 e. The van der Waals surface area contributed by atoms with Crippen molar-refractivity contribution in [2.75, 3.05) is 6.54 Å². The summed E-state index contributed by atoms with van der Waals surface area (Å²) in [7, 11) is 0. The van der Waals surface area contributed by atoms with Crippen LogP contribution in [-0.4, -0.2) is 29.3 Å². The summed E-state index contributed by atoms with van der Waals surface area (Å²) in [6, 6.07) is 3.02. The van der Waals surface area contributed by atoms with Crippen LogP contribution in [0.25, 0.3) is 0 Å². The Kier molecular flexibility index (Phi) is 6.08. The number of rotatable bonds is 8. The zero-order chi connectivity index (χ0) is 16.0. The van der Waals surface area contributed by atoms with E-state index in [0.29, 0.717) is 6.54 Å². The van der Waals surface area contributed by atoms with Crippen LogP contribution < -0.4 is 10.1 Å². The fourth-order valence-corrected chi connectivity index (χ4v) is 2.04. The van der Waals surface area contributed by atoms with E-state index in [0.717, 1.165) is 18.6 Å². The molecule has 0 aliphatic heterocycles. The molecule has 0 aliphatic rings. The fraction of sp³-hybridized carbons (Fsp3) is 0.533. The van der Waals surface area contributed by atoms with Gasteiger partial charge in [0.1, 0.15) is 11.4 Å². The van der Waals surface area contributed by atoms with Gasteiger partial charge >= 0.3 is 5.97 Å². The summed E-state index contributed by atoms with van der Waals surface area (Å²) in [6.45, 7) is 5.70. The zero-order valence-electron chi connectivity index (χ0n) is 12.5. The SMILES string of the molecule is CCCNC(C)(CC(C)Oc1ccc(F)cc1F)C(=O)O. The van der Waals surface area contributed by atoms with E-state index in [2.05, 4.69) is 5.32 Å². The molecule has 0 radical (unpaired) electrons. The molecule has 2 N–H and O–H groups in total. The Hall–Kier alpha value is -1.69. The van der Waals surface area contributed by atoms with Gasteiger partial charge in [0.25, 0.3) is 0 Å². The number of benzene rings is 1. The van der Waals surface area contributed by atoms with Crippen LogP contribution in [0.1, 0.15) is 33.6 Å². The second-order valence-electron chi connectivity index (χ2n) is 5.27. The highest BCUT2D eigenvalue weighted by Gasteiger charge is 2.34. The zero-order valence-corrected chi connectivity index (χ0v) is 12.5. The lowest BCUT2D eigenvalue weighted by Crippen LogP contribution is -2.52. The fourth-order valence-electron chi connectivity index (χ4n) is 2.04. The number of ether oxygens (including phenoxy) is 1. The van der Waals surface area contributed by atoms with Crippen molar-refractivity contribution in [3.8, 4) is 5.75 Å². The highest BCUT2D eigenvalue weighted by molar-refractivity contribution is 5.78. The van der Waals surface area contributed by atoms with E-state index in [4.69, 9.17) is 4.74 Å². The molecule has 0 bridgehead atoms. The van der Waals surface area contributed by atoms with Crippen molar-refractivity contribution in [2.45, 2.75) is 45.3 Å². The van der Waals surface area contributed by atoms with Crippen molar-refractivity contribution in [1.29, 1.82) is 0 Å². The van der Waals surface area contributed by atoms with Gasteiger partial charge in [0.05, 0.1) is 6.10 Å². The predicted molar refractivity (Wildman–Crippen MR) is 75.4 cm³/mol. The summed E-state index contributed by atoms with van der Waals surface area (Å²) >= 11 is 0. The molecule has 6 heteroatoms. The first kappa shape index (κ1) is 17.4. The highest BCUT2D eigenvalue weighted by atomic mass is 19.1. The molecular formula is C15H21F2NO3. The van der Waals surface area contributed by atoms with Gasteiger partial charge in [-0.15, -0.1) is 0 Å². The number of nitrogens with one attached hydrogen (secondary N) is 1. The van der Waals surface area contributed by atoms with E-state index in [1.54, 1.807) is 13.8 Å². The van der Waals surface area contributed by atoms with Gasteiger partial charge in [-0.25, -0.2) is 8.78 Å². The van der Waals surface area contributed by atoms with E-state index >= 15 is 0 Å². The standard InChI is InChI=1S/C15H21F2NO3/c1-4-7-18-15(3,14(19)20)9-10(2)21-13-6-5-11(16)8-12(13)17/h5-6,8,10,18H,4,7,9H2,1-3H3,(H,19,20). The number of halogens is 2. The molecule has 0 aromatic heterocycles. The molecule has 1 aromatic carbocycles. The lowest BCUT2D eigenvalue weighted by Gasteiger charge is -2.29. The van der Waals surface area contributed by atoms with E-state index in [9.17, 15) is 18.7 Å². The molecule has 0 amide bonds. The van der Waals surface area contributed by atoms with E-state index in [1.165, 1.54) is 6.07 Å². The first-order valence-electron chi connectivity index (χ1n) is 6.88. The number of carboxylic acid groups (broad SMARTS) is 1. The summed E-state index contributed by atoms with van der Waals surface area (Å²) in [5, 5.41) is 12.3. The number of aliphatic carboxylic acids is 1. The van der Waals surface area contributed by atoms with Crippen LogP contribution in [0.3, 0.4) is 0 Å². The van der Waals surface area contributed by atoms with Gasteiger partial charge in [-0.2, -0.15) is 0 Å². The second kappa shape index (κ2) is 7.36.